The molecule has 4 N–H and O–H groups in total. The number of hydrogen-bond acceptors (Lipinski definition) is 3. The average Bonchev–Trinajstić information content (AvgIpc) is 2.29. The number of carboxylic acid groups (broad SMARTS) is 1. The molecule has 0 spiro atoms. The molecule has 0 bridgehead atoms. The van der Waals surface area contributed by atoms with E-state index in [1.807, 2.05) is 0 Å². The molecule has 0 heterocycles. The largest absolute Gasteiger partial charge is 0.480 e. The molecule has 18 heavy (non-hydrogen) atoms. The fourth-order valence-electron chi connectivity index (χ4n) is 1.09. The van der Waals surface area contributed by atoms with Crippen LogP contribution in [0.1, 0.15) is 0 Å². The maximum atomic E-state index is 11.5. The molecule has 1 rings (SSSR count). The highest BCUT2D eigenvalue weighted by Gasteiger charge is 2.18. The average molecular weight is 338 g/mol. The van der Waals surface area contributed by atoms with Crippen molar-refractivity contribution in [1.29, 1.82) is 0 Å². The fraction of sp³-hybridized carbons (Fsp3) is 0.200. The van der Waals surface area contributed by atoms with Crippen LogP contribution < -0.4 is 10.6 Å². The second-order valence-electron chi connectivity index (χ2n) is 3.30. The van der Waals surface area contributed by atoms with Crippen LogP contribution in [0.4, 0.5) is 10.5 Å². The number of rotatable bonds is 4. The highest BCUT2D eigenvalue weighted by atomic mass is 79.9. The van der Waals surface area contributed by atoms with Crippen molar-refractivity contribution in [3.05, 3.63) is 27.7 Å². The second kappa shape index (κ2) is 6.58. The van der Waals surface area contributed by atoms with Crippen LogP contribution in [0.5, 0.6) is 0 Å². The molecule has 0 aliphatic carbocycles. The van der Waals surface area contributed by atoms with Gasteiger partial charge in [0, 0.05) is 4.47 Å². The van der Waals surface area contributed by atoms with E-state index < -0.39 is 24.6 Å². The summed E-state index contributed by atoms with van der Waals surface area (Å²) in [6.45, 7) is -0.698. The van der Waals surface area contributed by atoms with Crippen LogP contribution in [-0.2, 0) is 4.79 Å². The number of nitrogens with one attached hydrogen (secondary N) is 2. The van der Waals surface area contributed by atoms with E-state index in [4.69, 9.17) is 21.8 Å². The van der Waals surface area contributed by atoms with Crippen LogP contribution in [0.25, 0.3) is 0 Å². The number of carbonyl (C=O) groups excluding carboxylic acids is 1. The minimum Gasteiger partial charge on any atom is -0.480 e. The van der Waals surface area contributed by atoms with E-state index in [9.17, 15) is 9.59 Å². The van der Waals surface area contributed by atoms with Gasteiger partial charge >= 0.3 is 12.0 Å². The van der Waals surface area contributed by atoms with Gasteiger partial charge in [0.05, 0.1) is 17.3 Å². The number of aliphatic hydroxyl groups excluding tert-OH is 1. The van der Waals surface area contributed by atoms with Gasteiger partial charge in [0.2, 0.25) is 0 Å². The van der Waals surface area contributed by atoms with Crippen molar-refractivity contribution in [2.24, 2.45) is 0 Å². The SMILES string of the molecule is O=C(Nc1ccc(Br)cc1Cl)N[C@H](CO)C(=O)O. The van der Waals surface area contributed by atoms with Gasteiger partial charge in [0.1, 0.15) is 0 Å². The van der Waals surface area contributed by atoms with E-state index in [1.165, 1.54) is 0 Å². The first-order valence-electron chi connectivity index (χ1n) is 4.80. The van der Waals surface area contributed by atoms with E-state index in [-0.39, 0.29) is 0 Å². The first-order valence-corrected chi connectivity index (χ1v) is 5.97. The Morgan fingerprint density at radius 1 is 1.44 bits per heavy atom. The van der Waals surface area contributed by atoms with Crippen LogP contribution in [0.3, 0.4) is 0 Å². The Balaban J connectivity index is 2.67. The molecule has 8 heteroatoms. The number of aliphatic carboxylic acids is 1. The molecule has 2 amide bonds. The van der Waals surface area contributed by atoms with Gasteiger partial charge in [-0.3, -0.25) is 0 Å². The molecule has 1 atom stereocenters. The third kappa shape index (κ3) is 4.17. The number of hydrogen-bond donors (Lipinski definition) is 4. The Labute approximate surface area is 116 Å². The zero-order valence-electron chi connectivity index (χ0n) is 8.98. The van der Waals surface area contributed by atoms with Crippen molar-refractivity contribution in [2.75, 3.05) is 11.9 Å². The standard InChI is InChI=1S/C10H10BrClN2O4/c11-5-1-2-7(6(12)3-5)13-10(18)14-8(4-15)9(16)17/h1-3,8,15H,4H2,(H,16,17)(H2,13,14,18)/t8-/m1/s1. The summed E-state index contributed by atoms with van der Waals surface area (Å²) in [5, 5.41) is 22.2. The van der Waals surface area contributed by atoms with E-state index in [1.54, 1.807) is 18.2 Å². The number of carboxylic acids is 1. The molecule has 0 aliphatic rings. The monoisotopic (exact) mass is 336 g/mol. The van der Waals surface area contributed by atoms with Gasteiger partial charge in [-0.2, -0.15) is 0 Å². The summed E-state index contributed by atoms with van der Waals surface area (Å²) in [4.78, 5) is 22.1. The smallest absolute Gasteiger partial charge is 0.328 e. The molecule has 0 aliphatic heterocycles. The number of amides is 2. The van der Waals surface area contributed by atoms with Gasteiger partial charge in [-0.05, 0) is 18.2 Å². The maximum absolute atomic E-state index is 11.5. The number of benzene rings is 1. The molecule has 0 fully saturated rings. The maximum Gasteiger partial charge on any atom is 0.328 e. The van der Waals surface area contributed by atoms with Gasteiger partial charge in [-0.25, -0.2) is 9.59 Å². The molecule has 0 unspecified atom stereocenters. The topological polar surface area (TPSA) is 98.7 Å². The lowest BCUT2D eigenvalue weighted by Crippen LogP contribution is -2.45. The molecule has 0 saturated heterocycles. The van der Waals surface area contributed by atoms with Gasteiger partial charge in [-0.1, -0.05) is 27.5 Å². The molecular formula is C10H10BrClN2O4. The zero-order chi connectivity index (χ0) is 13.7. The van der Waals surface area contributed by atoms with E-state index in [0.29, 0.717) is 10.7 Å². The summed E-state index contributed by atoms with van der Waals surface area (Å²) < 4.78 is 0.747. The predicted octanol–water partition coefficient (Wildman–Crippen LogP) is 1.67. The molecular weight excluding hydrogens is 327 g/mol. The van der Waals surface area contributed by atoms with Crippen molar-refractivity contribution in [3.63, 3.8) is 0 Å². The summed E-state index contributed by atoms with van der Waals surface area (Å²) >= 11 is 9.08. The first-order chi connectivity index (χ1) is 8.43. The van der Waals surface area contributed by atoms with Crippen LogP contribution >= 0.6 is 27.5 Å². The van der Waals surface area contributed by atoms with E-state index >= 15 is 0 Å². The fourth-order valence-corrected chi connectivity index (χ4v) is 1.81. The second-order valence-corrected chi connectivity index (χ2v) is 4.62. The summed E-state index contributed by atoms with van der Waals surface area (Å²) in [5.41, 5.74) is 0.333. The Morgan fingerprint density at radius 3 is 2.61 bits per heavy atom. The summed E-state index contributed by atoms with van der Waals surface area (Å²) in [6, 6.07) is 2.68. The third-order valence-electron chi connectivity index (χ3n) is 1.97. The van der Waals surface area contributed by atoms with Crippen molar-refractivity contribution in [2.45, 2.75) is 6.04 Å². The Morgan fingerprint density at radius 2 is 2.11 bits per heavy atom. The lowest BCUT2D eigenvalue weighted by Gasteiger charge is -2.13. The number of carbonyl (C=O) groups is 2. The quantitative estimate of drug-likeness (QED) is 0.671. The number of anilines is 1. The van der Waals surface area contributed by atoms with Gasteiger partial charge in [0.25, 0.3) is 0 Å². The number of halogens is 2. The van der Waals surface area contributed by atoms with Crippen LogP contribution in [0.15, 0.2) is 22.7 Å². The highest BCUT2D eigenvalue weighted by molar-refractivity contribution is 9.10. The Bertz CT molecular complexity index is 469. The minimum absolute atomic E-state index is 0.301. The van der Waals surface area contributed by atoms with Crippen molar-refractivity contribution in [3.8, 4) is 0 Å². The zero-order valence-corrected chi connectivity index (χ0v) is 11.3. The molecule has 1 aromatic rings. The normalized spacial score (nSPS) is 11.7. The van der Waals surface area contributed by atoms with Crippen LogP contribution in [0.2, 0.25) is 5.02 Å². The molecule has 98 valence electrons. The lowest BCUT2D eigenvalue weighted by molar-refractivity contribution is -0.140. The molecule has 0 radical (unpaired) electrons. The van der Waals surface area contributed by atoms with E-state index in [0.717, 1.165) is 4.47 Å². The van der Waals surface area contributed by atoms with Crippen molar-refractivity contribution in [1.82, 2.24) is 5.32 Å². The van der Waals surface area contributed by atoms with Crippen LogP contribution in [0, 0.1) is 0 Å². The summed E-state index contributed by atoms with van der Waals surface area (Å²) in [5.74, 6) is -1.32. The third-order valence-corrected chi connectivity index (χ3v) is 2.77. The minimum atomic E-state index is -1.36. The number of urea groups is 1. The Kier molecular flexibility index (Phi) is 5.39. The summed E-state index contributed by atoms with van der Waals surface area (Å²) in [7, 11) is 0. The predicted molar refractivity (Wildman–Crippen MR) is 69.8 cm³/mol. The molecule has 0 aromatic heterocycles. The van der Waals surface area contributed by atoms with Gasteiger partial charge < -0.3 is 20.8 Å². The Hall–Kier alpha value is -1.31. The molecule has 0 saturated carbocycles. The van der Waals surface area contributed by atoms with Gasteiger partial charge in [-0.15, -0.1) is 0 Å². The first kappa shape index (κ1) is 14.7. The highest BCUT2D eigenvalue weighted by Crippen LogP contribution is 2.25. The van der Waals surface area contributed by atoms with Crippen molar-refractivity contribution < 1.29 is 19.8 Å². The molecule has 6 nitrogen and oxygen atoms in total. The van der Waals surface area contributed by atoms with Crippen molar-refractivity contribution >= 4 is 45.2 Å². The van der Waals surface area contributed by atoms with Gasteiger partial charge in [0.15, 0.2) is 6.04 Å². The molecule has 1 aromatic carbocycles. The van der Waals surface area contributed by atoms with Crippen LogP contribution in [-0.4, -0.2) is 34.9 Å². The lowest BCUT2D eigenvalue weighted by atomic mass is 10.3. The number of aliphatic hydroxyl groups is 1. The van der Waals surface area contributed by atoms with E-state index in [2.05, 4.69) is 26.6 Å². The summed E-state index contributed by atoms with van der Waals surface area (Å²) in [6.07, 6.45) is 0.